The van der Waals surface area contributed by atoms with E-state index in [1.165, 1.54) is 18.3 Å². The van der Waals surface area contributed by atoms with E-state index in [1.807, 2.05) is 19.9 Å². The van der Waals surface area contributed by atoms with Gasteiger partial charge in [0.05, 0.1) is 16.3 Å². The van der Waals surface area contributed by atoms with Crippen LogP contribution in [0.25, 0.3) is 0 Å². The Balaban J connectivity index is 2.10. The summed E-state index contributed by atoms with van der Waals surface area (Å²) in [5.74, 6) is 0.0270. The van der Waals surface area contributed by atoms with E-state index < -0.39 is 10.0 Å². The summed E-state index contributed by atoms with van der Waals surface area (Å²) in [6.07, 6.45) is 0.549. The van der Waals surface area contributed by atoms with Crippen molar-refractivity contribution in [3.05, 3.63) is 33.3 Å². The van der Waals surface area contributed by atoms with Crippen LogP contribution >= 0.6 is 11.3 Å². The van der Waals surface area contributed by atoms with E-state index in [-0.39, 0.29) is 23.3 Å². The Labute approximate surface area is 146 Å². The first kappa shape index (κ1) is 18.8. The number of ketones is 1. The van der Waals surface area contributed by atoms with Gasteiger partial charge in [0.15, 0.2) is 5.78 Å². The van der Waals surface area contributed by atoms with E-state index in [2.05, 4.69) is 9.82 Å². The zero-order chi connectivity index (χ0) is 18.1. The van der Waals surface area contributed by atoms with Crippen molar-refractivity contribution in [3.8, 4) is 0 Å². The quantitative estimate of drug-likeness (QED) is 0.761. The van der Waals surface area contributed by atoms with Gasteiger partial charge in [-0.1, -0.05) is 0 Å². The topological polar surface area (TPSA) is 81.1 Å². The number of aryl methyl sites for hydroxylation is 1. The number of carbonyl (C=O) groups is 1. The minimum absolute atomic E-state index is 0.0270. The Kier molecular flexibility index (Phi) is 5.62. The van der Waals surface area contributed by atoms with E-state index in [0.29, 0.717) is 22.7 Å². The molecule has 0 saturated carbocycles. The number of carbonyl (C=O) groups excluding carboxylic acids is 1. The highest BCUT2D eigenvalue weighted by Gasteiger charge is 2.25. The zero-order valence-corrected chi connectivity index (χ0v) is 16.2. The number of Topliss-reactive ketones (excluding diaryl/α,β-unsaturated/α-hetero) is 1. The molecule has 24 heavy (non-hydrogen) atoms. The Morgan fingerprint density at radius 3 is 2.50 bits per heavy atom. The number of rotatable bonds is 7. The fraction of sp³-hybridized carbons (Fsp3) is 0.500. The van der Waals surface area contributed by atoms with Crippen molar-refractivity contribution in [3.63, 3.8) is 0 Å². The minimum Gasteiger partial charge on any atom is -0.294 e. The Bertz CT molecular complexity index is 848. The van der Waals surface area contributed by atoms with Gasteiger partial charge < -0.3 is 0 Å². The molecule has 0 spiro atoms. The molecule has 2 aromatic rings. The van der Waals surface area contributed by atoms with Gasteiger partial charge in [-0.15, -0.1) is 11.3 Å². The molecule has 2 rings (SSSR count). The average molecular weight is 370 g/mol. The maximum atomic E-state index is 12.6. The lowest BCUT2D eigenvalue weighted by Crippen LogP contribution is -2.26. The lowest BCUT2D eigenvalue weighted by molar-refractivity contribution is 0.102. The normalized spacial score (nSPS) is 12.1. The monoisotopic (exact) mass is 369 g/mol. The van der Waals surface area contributed by atoms with Crippen LogP contribution < -0.4 is 4.72 Å². The second-order valence-electron chi connectivity index (χ2n) is 6.01. The standard InChI is InChI=1S/C16H23N3O3S2/c1-10(2)19-12(4)16(11(3)18-19)24(21,22)17-9-8-14-6-7-15(23-14)13(5)20/h6-7,10,17H,8-9H2,1-5H3. The van der Waals surface area contributed by atoms with Crippen LogP contribution in [0.15, 0.2) is 17.0 Å². The molecule has 0 bridgehead atoms. The van der Waals surface area contributed by atoms with Crippen LogP contribution in [0.5, 0.6) is 0 Å². The molecule has 0 radical (unpaired) electrons. The SMILES string of the molecule is CC(=O)c1ccc(CCNS(=O)(=O)c2c(C)nn(C(C)C)c2C)s1. The Morgan fingerprint density at radius 1 is 1.33 bits per heavy atom. The first-order chi connectivity index (χ1) is 11.1. The second-order valence-corrected chi connectivity index (χ2v) is 8.88. The molecule has 1 N–H and O–H groups in total. The molecule has 8 heteroatoms. The largest absolute Gasteiger partial charge is 0.294 e. The number of sulfonamides is 1. The third-order valence-corrected chi connectivity index (χ3v) is 6.65. The van der Waals surface area contributed by atoms with Gasteiger partial charge in [0.1, 0.15) is 4.90 Å². The van der Waals surface area contributed by atoms with E-state index in [9.17, 15) is 13.2 Å². The van der Waals surface area contributed by atoms with Crippen LogP contribution in [0, 0.1) is 13.8 Å². The van der Waals surface area contributed by atoms with Crippen LogP contribution in [-0.2, 0) is 16.4 Å². The third-order valence-electron chi connectivity index (χ3n) is 3.69. The molecule has 2 aromatic heterocycles. The summed E-state index contributed by atoms with van der Waals surface area (Å²) in [4.78, 5) is 13.2. The van der Waals surface area contributed by atoms with Crippen molar-refractivity contribution in [2.24, 2.45) is 0 Å². The molecule has 0 aliphatic rings. The summed E-state index contributed by atoms with van der Waals surface area (Å²) in [7, 11) is -3.61. The number of hydrogen-bond acceptors (Lipinski definition) is 5. The minimum atomic E-state index is -3.61. The third kappa shape index (κ3) is 3.93. The molecular formula is C16H23N3O3S2. The van der Waals surface area contributed by atoms with Crippen LogP contribution in [-0.4, -0.2) is 30.5 Å². The maximum absolute atomic E-state index is 12.6. The highest BCUT2D eigenvalue weighted by molar-refractivity contribution is 7.89. The molecule has 0 atom stereocenters. The summed E-state index contributed by atoms with van der Waals surface area (Å²) >= 11 is 1.40. The van der Waals surface area contributed by atoms with Crippen molar-refractivity contribution in [1.82, 2.24) is 14.5 Å². The molecule has 0 aliphatic carbocycles. The predicted molar refractivity (Wildman–Crippen MR) is 95.3 cm³/mol. The van der Waals surface area contributed by atoms with Crippen molar-refractivity contribution in [2.45, 2.75) is 52.0 Å². The predicted octanol–water partition coefficient (Wildman–Crippen LogP) is 2.87. The molecular weight excluding hydrogens is 346 g/mol. The lowest BCUT2D eigenvalue weighted by Gasteiger charge is -2.09. The highest BCUT2D eigenvalue weighted by atomic mass is 32.2. The summed E-state index contributed by atoms with van der Waals surface area (Å²) < 4.78 is 29.6. The van der Waals surface area contributed by atoms with Gasteiger partial charge in [0.2, 0.25) is 10.0 Å². The zero-order valence-electron chi connectivity index (χ0n) is 14.6. The van der Waals surface area contributed by atoms with Gasteiger partial charge in [0.25, 0.3) is 0 Å². The van der Waals surface area contributed by atoms with Gasteiger partial charge >= 0.3 is 0 Å². The summed E-state index contributed by atoms with van der Waals surface area (Å²) in [5, 5.41) is 4.33. The number of thiophene rings is 1. The second kappa shape index (κ2) is 7.16. The van der Waals surface area contributed by atoms with Crippen LogP contribution in [0.2, 0.25) is 0 Å². The molecule has 2 heterocycles. The van der Waals surface area contributed by atoms with Crippen molar-refractivity contribution in [1.29, 1.82) is 0 Å². The smallest absolute Gasteiger partial charge is 0.244 e. The average Bonchev–Trinajstić information content (AvgIpc) is 3.03. The van der Waals surface area contributed by atoms with Gasteiger partial charge in [-0.2, -0.15) is 5.10 Å². The molecule has 6 nitrogen and oxygen atoms in total. The summed E-state index contributed by atoms with van der Waals surface area (Å²) in [5.41, 5.74) is 1.15. The van der Waals surface area contributed by atoms with Crippen molar-refractivity contribution < 1.29 is 13.2 Å². The molecule has 0 fully saturated rings. The van der Waals surface area contributed by atoms with Crippen molar-refractivity contribution in [2.75, 3.05) is 6.54 Å². The van der Waals surface area contributed by atoms with Gasteiger partial charge in [-0.05, 0) is 53.2 Å². The van der Waals surface area contributed by atoms with Crippen LogP contribution in [0.4, 0.5) is 0 Å². The van der Waals surface area contributed by atoms with Gasteiger partial charge in [-0.3, -0.25) is 9.48 Å². The van der Waals surface area contributed by atoms with Gasteiger partial charge in [-0.25, -0.2) is 13.1 Å². The summed E-state index contributed by atoms with van der Waals surface area (Å²) in [6, 6.07) is 3.74. The molecule has 132 valence electrons. The molecule has 0 unspecified atom stereocenters. The number of nitrogens with zero attached hydrogens (tertiary/aromatic N) is 2. The van der Waals surface area contributed by atoms with Crippen molar-refractivity contribution >= 4 is 27.1 Å². The highest BCUT2D eigenvalue weighted by Crippen LogP contribution is 2.22. The van der Waals surface area contributed by atoms with E-state index in [1.54, 1.807) is 24.6 Å². The van der Waals surface area contributed by atoms with E-state index in [0.717, 1.165) is 4.88 Å². The molecule has 0 aliphatic heterocycles. The number of hydrogen-bond donors (Lipinski definition) is 1. The summed E-state index contributed by atoms with van der Waals surface area (Å²) in [6.45, 7) is 9.22. The van der Waals surface area contributed by atoms with Crippen LogP contribution in [0.3, 0.4) is 0 Å². The fourth-order valence-electron chi connectivity index (χ4n) is 2.62. The molecule has 0 saturated heterocycles. The van der Waals surface area contributed by atoms with E-state index >= 15 is 0 Å². The maximum Gasteiger partial charge on any atom is 0.244 e. The van der Waals surface area contributed by atoms with Crippen LogP contribution in [0.1, 0.15) is 52.7 Å². The van der Waals surface area contributed by atoms with Gasteiger partial charge in [0, 0.05) is 17.5 Å². The first-order valence-corrected chi connectivity index (χ1v) is 10.1. The lowest BCUT2D eigenvalue weighted by atomic mass is 10.3. The number of aromatic nitrogens is 2. The molecule has 0 aromatic carbocycles. The molecule has 0 amide bonds. The Hall–Kier alpha value is -1.51. The fourth-order valence-corrected chi connectivity index (χ4v) is 4.95. The Morgan fingerprint density at radius 2 is 2.00 bits per heavy atom. The first-order valence-electron chi connectivity index (χ1n) is 7.78. The van der Waals surface area contributed by atoms with E-state index in [4.69, 9.17) is 0 Å². The number of nitrogens with one attached hydrogen (secondary N) is 1.